The monoisotopic (exact) mass is 295 g/mol. The van der Waals surface area contributed by atoms with Crippen LogP contribution in [0.5, 0.6) is 0 Å². The highest BCUT2D eigenvalue weighted by Gasteiger charge is 2.26. The van der Waals surface area contributed by atoms with Gasteiger partial charge in [-0.2, -0.15) is 0 Å². The van der Waals surface area contributed by atoms with Gasteiger partial charge in [0.05, 0.1) is 12.8 Å². The van der Waals surface area contributed by atoms with Crippen molar-refractivity contribution in [3.05, 3.63) is 66.1 Å². The molecular formula is C19H21NO2. The fourth-order valence-corrected chi connectivity index (χ4v) is 2.82. The minimum absolute atomic E-state index is 0.0706. The molecule has 0 radical (unpaired) electrons. The normalized spacial score (nSPS) is 17.4. The molecule has 1 amide bonds. The van der Waals surface area contributed by atoms with Crippen LogP contribution in [0.4, 0.5) is 5.69 Å². The van der Waals surface area contributed by atoms with Crippen molar-refractivity contribution in [3.8, 4) is 0 Å². The van der Waals surface area contributed by atoms with Gasteiger partial charge in [-0.15, -0.1) is 0 Å². The second kappa shape index (κ2) is 6.65. The molecule has 1 unspecified atom stereocenters. The minimum atomic E-state index is 0.0706. The van der Waals surface area contributed by atoms with E-state index in [-0.39, 0.29) is 11.8 Å². The molecule has 114 valence electrons. The van der Waals surface area contributed by atoms with E-state index >= 15 is 0 Å². The zero-order chi connectivity index (χ0) is 15.4. The van der Waals surface area contributed by atoms with Gasteiger partial charge in [0.1, 0.15) is 5.76 Å². The van der Waals surface area contributed by atoms with Crippen LogP contribution in [0, 0.1) is 12.8 Å². The Balaban J connectivity index is 1.86. The summed E-state index contributed by atoms with van der Waals surface area (Å²) in [6.45, 7) is 2.53. The lowest BCUT2D eigenvalue weighted by molar-refractivity contribution is -0.122. The van der Waals surface area contributed by atoms with E-state index in [1.54, 1.807) is 6.26 Å². The van der Waals surface area contributed by atoms with Crippen LogP contribution in [0.2, 0.25) is 0 Å². The highest BCUT2D eigenvalue weighted by Crippen LogP contribution is 2.26. The number of allylic oxidation sites excluding steroid dienone is 2. The average Bonchev–Trinajstić information content (AvgIpc) is 3.07. The van der Waals surface area contributed by atoms with E-state index in [0.29, 0.717) is 6.54 Å². The van der Waals surface area contributed by atoms with Crippen LogP contribution in [0.1, 0.15) is 30.6 Å². The third kappa shape index (κ3) is 3.30. The van der Waals surface area contributed by atoms with Gasteiger partial charge in [-0.05, 0) is 50.5 Å². The van der Waals surface area contributed by atoms with Crippen LogP contribution in [0.15, 0.2) is 59.2 Å². The van der Waals surface area contributed by atoms with Crippen LogP contribution in [0.3, 0.4) is 0 Å². The van der Waals surface area contributed by atoms with Crippen molar-refractivity contribution in [1.29, 1.82) is 0 Å². The first-order chi connectivity index (χ1) is 10.7. The van der Waals surface area contributed by atoms with Crippen LogP contribution < -0.4 is 4.90 Å². The molecule has 1 aromatic carbocycles. The molecule has 0 aliphatic heterocycles. The Kier molecular flexibility index (Phi) is 4.42. The molecule has 0 bridgehead atoms. The number of amides is 1. The summed E-state index contributed by atoms with van der Waals surface area (Å²) in [7, 11) is 0. The van der Waals surface area contributed by atoms with Crippen LogP contribution in [0.25, 0.3) is 0 Å². The molecule has 2 aromatic rings. The number of hydrogen-bond donors (Lipinski definition) is 0. The Morgan fingerprint density at radius 3 is 2.68 bits per heavy atom. The summed E-state index contributed by atoms with van der Waals surface area (Å²) in [6.07, 6.45) is 8.67. The molecule has 0 spiro atoms. The zero-order valence-corrected chi connectivity index (χ0v) is 12.9. The number of carbonyl (C=O) groups excluding carboxylic acids is 1. The minimum Gasteiger partial charge on any atom is -0.467 e. The maximum Gasteiger partial charge on any atom is 0.230 e. The summed E-state index contributed by atoms with van der Waals surface area (Å²) in [4.78, 5) is 14.8. The van der Waals surface area contributed by atoms with Crippen molar-refractivity contribution in [1.82, 2.24) is 0 Å². The maximum absolute atomic E-state index is 13.0. The lowest BCUT2D eigenvalue weighted by Gasteiger charge is -2.27. The van der Waals surface area contributed by atoms with E-state index in [1.807, 2.05) is 41.3 Å². The van der Waals surface area contributed by atoms with Gasteiger partial charge >= 0.3 is 0 Å². The first-order valence-electron chi connectivity index (χ1n) is 7.79. The summed E-state index contributed by atoms with van der Waals surface area (Å²) < 4.78 is 5.44. The number of carbonyl (C=O) groups is 1. The number of nitrogens with zero attached hydrogens (tertiary/aromatic N) is 1. The van der Waals surface area contributed by atoms with Crippen molar-refractivity contribution in [2.75, 3.05) is 4.90 Å². The molecule has 1 atom stereocenters. The second-order valence-corrected chi connectivity index (χ2v) is 5.82. The molecule has 1 aliphatic rings. The molecule has 1 aromatic heterocycles. The fraction of sp³-hybridized carbons (Fsp3) is 0.316. The molecule has 0 N–H and O–H groups in total. The summed E-state index contributed by atoms with van der Waals surface area (Å²) in [5.74, 6) is 1.06. The molecule has 22 heavy (non-hydrogen) atoms. The summed E-state index contributed by atoms with van der Waals surface area (Å²) in [6, 6.07) is 11.9. The molecule has 3 rings (SSSR count). The van der Waals surface area contributed by atoms with Gasteiger partial charge in [-0.25, -0.2) is 0 Å². The predicted octanol–water partition coefficient (Wildman–Crippen LogP) is 4.48. The van der Waals surface area contributed by atoms with Gasteiger partial charge in [-0.3, -0.25) is 4.79 Å². The van der Waals surface area contributed by atoms with E-state index in [2.05, 4.69) is 19.1 Å². The van der Waals surface area contributed by atoms with Gasteiger partial charge < -0.3 is 9.32 Å². The molecule has 1 aliphatic carbocycles. The summed E-state index contributed by atoms with van der Waals surface area (Å²) in [5.41, 5.74) is 2.12. The molecule has 1 heterocycles. The highest BCUT2D eigenvalue weighted by molar-refractivity contribution is 5.95. The molecular weight excluding hydrogens is 274 g/mol. The SMILES string of the molecule is Cc1ccc(N(Cc2ccco2)C(=O)C2CC=CCC2)cc1. The van der Waals surface area contributed by atoms with E-state index in [0.717, 1.165) is 30.7 Å². The van der Waals surface area contributed by atoms with Crippen molar-refractivity contribution < 1.29 is 9.21 Å². The van der Waals surface area contributed by atoms with E-state index in [1.165, 1.54) is 5.56 Å². The standard InChI is InChI=1S/C19H21NO2/c1-15-9-11-17(12-10-15)20(14-18-8-5-13-22-18)19(21)16-6-3-2-4-7-16/h2-3,5,8-13,16H,4,6-7,14H2,1H3. The molecule has 0 saturated heterocycles. The zero-order valence-electron chi connectivity index (χ0n) is 12.9. The molecule has 0 saturated carbocycles. The summed E-state index contributed by atoms with van der Waals surface area (Å²) >= 11 is 0. The number of benzene rings is 1. The number of rotatable bonds is 4. The Labute approximate surface area is 131 Å². The molecule has 3 heteroatoms. The van der Waals surface area contributed by atoms with Gasteiger partial charge in [0.15, 0.2) is 0 Å². The number of furan rings is 1. The topological polar surface area (TPSA) is 33.5 Å². The van der Waals surface area contributed by atoms with Crippen LogP contribution >= 0.6 is 0 Å². The fourth-order valence-electron chi connectivity index (χ4n) is 2.82. The smallest absolute Gasteiger partial charge is 0.230 e. The number of anilines is 1. The van der Waals surface area contributed by atoms with Crippen molar-refractivity contribution in [2.45, 2.75) is 32.7 Å². The first-order valence-corrected chi connectivity index (χ1v) is 7.79. The first kappa shape index (κ1) is 14.6. The van der Waals surface area contributed by atoms with E-state index in [4.69, 9.17) is 4.42 Å². The van der Waals surface area contributed by atoms with E-state index < -0.39 is 0 Å². The van der Waals surface area contributed by atoms with Crippen LogP contribution in [-0.4, -0.2) is 5.91 Å². The Bertz CT molecular complexity index is 641. The maximum atomic E-state index is 13.0. The lowest BCUT2D eigenvalue weighted by Crippen LogP contribution is -2.36. The van der Waals surface area contributed by atoms with E-state index in [9.17, 15) is 4.79 Å². The molecule has 0 fully saturated rings. The van der Waals surface area contributed by atoms with Crippen molar-refractivity contribution in [3.63, 3.8) is 0 Å². The van der Waals surface area contributed by atoms with Gasteiger partial charge in [0, 0.05) is 11.6 Å². The predicted molar refractivity (Wildman–Crippen MR) is 87.6 cm³/mol. The summed E-state index contributed by atoms with van der Waals surface area (Å²) in [5, 5.41) is 0. The Hall–Kier alpha value is -2.29. The Morgan fingerprint density at radius 1 is 1.23 bits per heavy atom. The van der Waals surface area contributed by atoms with Crippen molar-refractivity contribution in [2.24, 2.45) is 5.92 Å². The molecule has 3 nitrogen and oxygen atoms in total. The third-order valence-electron chi connectivity index (χ3n) is 4.12. The van der Waals surface area contributed by atoms with Gasteiger partial charge in [0.25, 0.3) is 0 Å². The Morgan fingerprint density at radius 2 is 2.05 bits per heavy atom. The van der Waals surface area contributed by atoms with Crippen molar-refractivity contribution >= 4 is 11.6 Å². The van der Waals surface area contributed by atoms with Gasteiger partial charge in [-0.1, -0.05) is 29.8 Å². The third-order valence-corrected chi connectivity index (χ3v) is 4.12. The quantitative estimate of drug-likeness (QED) is 0.779. The highest BCUT2D eigenvalue weighted by atomic mass is 16.3. The van der Waals surface area contributed by atoms with Crippen LogP contribution in [-0.2, 0) is 11.3 Å². The second-order valence-electron chi connectivity index (χ2n) is 5.82. The largest absolute Gasteiger partial charge is 0.467 e. The lowest BCUT2D eigenvalue weighted by atomic mass is 9.93. The number of aryl methyl sites for hydroxylation is 1. The van der Waals surface area contributed by atoms with Gasteiger partial charge in [0.2, 0.25) is 5.91 Å². The number of hydrogen-bond acceptors (Lipinski definition) is 2. The average molecular weight is 295 g/mol.